The Kier molecular flexibility index (Phi) is 4.65. The molecule has 0 bridgehead atoms. The minimum Gasteiger partial charge on any atom is -0.493 e. The molecule has 0 saturated carbocycles. The lowest BCUT2D eigenvalue weighted by atomic mass is 9.97. The van der Waals surface area contributed by atoms with E-state index < -0.39 is 0 Å². The Bertz CT molecular complexity index is 394. The van der Waals surface area contributed by atoms with Gasteiger partial charge in [0.25, 0.3) is 0 Å². The van der Waals surface area contributed by atoms with Gasteiger partial charge >= 0.3 is 0 Å². The van der Waals surface area contributed by atoms with Crippen LogP contribution < -0.4 is 10.1 Å². The van der Waals surface area contributed by atoms with Gasteiger partial charge in [0.05, 0.1) is 6.61 Å². The molecule has 1 heterocycles. The summed E-state index contributed by atoms with van der Waals surface area (Å²) in [4.78, 5) is 0. The van der Waals surface area contributed by atoms with Crippen molar-refractivity contribution < 1.29 is 4.74 Å². The highest BCUT2D eigenvalue weighted by Gasteiger charge is 2.13. The summed E-state index contributed by atoms with van der Waals surface area (Å²) >= 11 is 0. The zero-order valence-electron chi connectivity index (χ0n) is 11.9. The summed E-state index contributed by atoms with van der Waals surface area (Å²) in [6.45, 7) is 9.62. The summed E-state index contributed by atoms with van der Waals surface area (Å²) in [5, 5.41) is 3.46. The van der Waals surface area contributed by atoms with E-state index in [1.807, 2.05) is 0 Å². The summed E-state index contributed by atoms with van der Waals surface area (Å²) in [6, 6.07) is 4.37. The average molecular weight is 247 g/mol. The second-order valence-electron chi connectivity index (χ2n) is 5.55. The first-order valence-corrected chi connectivity index (χ1v) is 7.08. The fourth-order valence-electron chi connectivity index (χ4n) is 2.66. The predicted molar refractivity (Wildman–Crippen MR) is 76.4 cm³/mol. The van der Waals surface area contributed by atoms with Gasteiger partial charge < -0.3 is 10.1 Å². The van der Waals surface area contributed by atoms with Gasteiger partial charge in [-0.1, -0.05) is 6.07 Å². The number of rotatable bonds is 4. The molecule has 0 unspecified atom stereocenters. The van der Waals surface area contributed by atoms with Crippen LogP contribution in [0.4, 0.5) is 0 Å². The molecule has 100 valence electrons. The molecule has 1 aliphatic rings. The largest absolute Gasteiger partial charge is 0.493 e. The van der Waals surface area contributed by atoms with Crippen molar-refractivity contribution in [1.29, 1.82) is 0 Å². The molecule has 1 aliphatic heterocycles. The highest BCUT2D eigenvalue weighted by atomic mass is 16.5. The number of hydrogen-bond acceptors (Lipinski definition) is 2. The monoisotopic (exact) mass is 247 g/mol. The van der Waals surface area contributed by atoms with Gasteiger partial charge in [-0.3, -0.25) is 0 Å². The lowest BCUT2D eigenvalue weighted by Gasteiger charge is -2.23. The van der Waals surface area contributed by atoms with E-state index in [2.05, 4.69) is 38.2 Å². The lowest BCUT2D eigenvalue weighted by Crippen LogP contribution is -2.30. The number of ether oxygens (including phenoxy) is 1. The van der Waals surface area contributed by atoms with Gasteiger partial charge in [0.15, 0.2) is 0 Å². The van der Waals surface area contributed by atoms with Gasteiger partial charge in [-0.25, -0.2) is 0 Å². The molecule has 0 aromatic heterocycles. The normalized spacial score (nSPS) is 19.8. The molecule has 0 spiro atoms. The topological polar surface area (TPSA) is 21.3 Å². The zero-order valence-corrected chi connectivity index (χ0v) is 11.9. The summed E-state index contributed by atoms with van der Waals surface area (Å²) in [6.07, 6.45) is 3.83. The third-order valence-electron chi connectivity index (χ3n) is 3.95. The van der Waals surface area contributed by atoms with Crippen LogP contribution in [0.1, 0.15) is 36.0 Å². The molecule has 1 atom stereocenters. The first-order chi connectivity index (χ1) is 8.66. The van der Waals surface area contributed by atoms with E-state index >= 15 is 0 Å². The summed E-state index contributed by atoms with van der Waals surface area (Å²) < 4.78 is 5.97. The van der Waals surface area contributed by atoms with Crippen LogP contribution in [0, 0.1) is 26.7 Å². The van der Waals surface area contributed by atoms with E-state index in [-0.39, 0.29) is 0 Å². The maximum absolute atomic E-state index is 5.97. The molecule has 1 aromatic rings. The van der Waals surface area contributed by atoms with Gasteiger partial charge in [0, 0.05) is 0 Å². The molecule has 1 fully saturated rings. The smallest absolute Gasteiger partial charge is 0.122 e. The maximum Gasteiger partial charge on any atom is 0.122 e. The fraction of sp³-hybridized carbons (Fsp3) is 0.625. The molecule has 2 nitrogen and oxygen atoms in total. The molecule has 0 radical (unpaired) electrons. The van der Waals surface area contributed by atoms with Crippen molar-refractivity contribution in [2.45, 2.75) is 40.0 Å². The Morgan fingerprint density at radius 3 is 2.83 bits per heavy atom. The number of benzene rings is 1. The SMILES string of the molecule is Cc1cc(C)c(C)c(OCC[C@@H]2CCCNC2)c1. The van der Waals surface area contributed by atoms with Crippen LogP contribution in [0.15, 0.2) is 12.1 Å². The molecule has 1 N–H and O–H groups in total. The quantitative estimate of drug-likeness (QED) is 0.880. The Morgan fingerprint density at radius 2 is 2.11 bits per heavy atom. The Labute approximate surface area is 111 Å². The van der Waals surface area contributed by atoms with Crippen molar-refractivity contribution in [3.63, 3.8) is 0 Å². The Morgan fingerprint density at radius 1 is 1.28 bits per heavy atom. The number of nitrogens with one attached hydrogen (secondary N) is 1. The standard InChI is InChI=1S/C16H25NO/c1-12-9-13(2)14(3)16(10-12)18-8-6-15-5-4-7-17-11-15/h9-10,15,17H,4-8,11H2,1-3H3/t15-/m0/s1. The van der Waals surface area contributed by atoms with Crippen molar-refractivity contribution in [2.75, 3.05) is 19.7 Å². The highest BCUT2D eigenvalue weighted by Crippen LogP contribution is 2.24. The second kappa shape index (κ2) is 6.24. The van der Waals surface area contributed by atoms with Crippen molar-refractivity contribution in [2.24, 2.45) is 5.92 Å². The first-order valence-electron chi connectivity index (χ1n) is 7.08. The molecule has 2 rings (SSSR count). The van der Waals surface area contributed by atoms with Crippen molar-refractivity contribution >= 4 is 0 Å². The zero-order chi connectivity index (χ0) is 13.0. The van der Waals surface area contributed by atoms with Gasteiger partial charge in [0.1, 0.15) is 5.75 Å². The van der Waals surface area contributed by atoms with E-state index in [1.165, 1.54) is 42.5 Å². The van der Waals surface area contributed by atoms with E-state index in [9.17, 15) is 0 Å². The van der Waals surface area contributed by atoms with Gasteiger partial charge in [-0.05, 0) is 81.8 Å². The predicted octanol–water partition coefficient (Wildman–Crippen LogP) is 3.38. The summed E-state index contributed by atoms with van der Waals surface area (Å²) in [5.74, 6) is 1.86. The van der Waals surface area contributed by atoms with Crippen LogP contribution in [-0.2, 0) is 0 Å². The summed E-state index contributed by atoms with van der Waals surface area (Å²) in [5.41, 5.74) is 3.89. The average Bonchev–Trinajstić information content (AvgIpc) is 2.36. The summed E-state index contributed by atoms with van der Waals surface area (Å²) in [7, 11) is 0. The maximum atomic E-state index is 5.97. The van der Waals surface area contributed by atoms with Crippen molar-refractivity contribution in [3.05, 3.63) is 28.8 Å². The Hall–Kier alpha value is -1.02. The van der Waals surface area contributed by atoms with Gasteiger partial charge in [0.2, 0.25) is 0 Å². The van der Waals surface area contributed by atoms with Crippen LogP contribution in [0.3, 0.4) is 0 Å². The van der Waals surface area contributed by atoms with E-state index in [0.29, 0.717) is 0 Å². The van der Waals surface area contributed by atoms with Crippen LogP contribution in [0.2, 0.25) is 0 Å². The third-order valence-corrected chi connectivity index (χ3v) is 3.95. The molecule has 1 aromatic carbocycles. The van der Waals surface area contributed by atoms with E-state index in [0.717, 1.165) is 24.8 Å². The minimum absolute atomic E-state index is 0.796. The van der Waals surface area contributed by atoms with Crippen molar-refractivity contribution in [1.82, 2.24) is 5.32 Å². The van der Waals surface area contributed by atoms with Gasteiger partial charge in [-0.15, -0.1) is 0 Å². The van der Waals surface area contributed by atoms with Crippen LogP contribution in [-0.4, -0.2) is 19.7 Å². The number of piperidine rings is 1. The Balaban J connectivity index is 1.86. The van der Waals surface area contributed by atoms with E-state index in [4.69, 9.17) is 4.74 Å². The fourth-order valence-corrected chi connectivity index (χ4v) is 2.66. The van der Waals surface area contributed by atoms with Gasteiger partial charge in [-0.2, -0.15) is 0 Å². The number of hydrogen-bond donors (Lipinski definition) is 1. The molecule has 2 heteroatoms. The molecule has 0 amide bonds. The molecule has 1 saturated heterocycles. The lowest BCUT2D eigenvalue weighted by molar-refractivity contribution is 0.253. The highest BCUT2D eigenvalue weighted by molar-refractivity contribution is 5.41. The molecule has 18 heavy (non-hydrogen) atoms. The number of aryl methyl sites for hydroxylation is 2. The third kappa shape index (κ3) is 3.49. The molecule has 0 aliphatic carbocycles. The van der Waals surface area contributed by atoms with Crippen LogP contribution >= 0.6 is 0 Å². The molecular weight excluding hydrogens is 222 g/mol. The van der Waals surface area contributed by atoms with Crippen molar-refractivity contribution in [3.8, 4) is 5.75 Å². The van der Waals surface area contributed by atoms with E-state index in [1.54, 1.807) is 0 Å². The molecular formula is C16H25NO. The first kappa shape index (κ1) is 13.4. The second-order valence-corrected chi connectivity index (χ2v) is 5.55. The minimum atomic E-state index is 0.796. The van der Waals surface area contributed by atoms with Crippen LogP contribution in [0.25, 0.3) is 0 Å². The van der Waals surface area contributed by atoms with Crippen LogP contribution in [0.5, 0.6) is 5.75 Å².